The Labute approximate surface area is 153 Å². The number of hydrogen-bond acceptors (Lipinski definition) is 4. The molecule has 1 aromatic heterocycles. The highest BCUT2D eigenvalue weighted by Crippen LogP contribution is 2.32. The van der Waals surface area contributed by atoms with Crippen molar-refractivity contribution >= 4 is 33.0 Å². The molecule has 1 aromatic carbocycles. The van der Waals surface area contributed by atoms with E-state index in [0.717, 1.165) is 5.56 Å². The van der Waals surface area contributed by atoms with Crippen LogP contribution >= 0.6 is 11.3 Å². The van der Waals surface area contributed by atoms with Crippen molar-refractivity contribution in [3.8, 4) is 0 Å². The Morgan fingerprint density at radius 2 is 1.84 bits per heavy atom. The fourth-order valence-corrected chi connectivity index (χ4v) is 4.14. The molecule has 2 rings (SSSR count). The van der Waals surface area contributed by atoms with Gasteiger partial charge in [0.25, 0.3) is 5.91 Å². The highest BCUT2D eigenvalue weighted by molar-refractivity contribution is 7.92. The Kier molecular flexibility index (Phi) is 5.90. The third-order valence-corrected chi connectivity index (χ3v) is 5.78. The molecule has 0 aliphatic heterocycles. The summed E-state index contributed by atoms with van der Waals surface area (Å²) < 4.78 is 26.0. The first-order valence-corrected chi connectivity index (χ1v) is 10.7. The first-order valence-electron chi connectivity index (χ1n) is 7.99. The molecule has 0 radical (unpaired) electrons. The van der Waals surface area contributed by atoms with Gasteiger partial charge in [-0.15, -0.1) is 11.3 Å². The summed E-state index contributed by atoms with van der Waals surface area (Å²) in [6, 6.07) is 11.0. The van der Waals surface area contributed by atoms with Gasteiger partial charge in [-0.3, -0.25) is 9.10 Å². The highest BCUT2D eigenvalue weighted by atomic mass is 32.2. The molecule has 0 unspecified atom stereocenters. The van der Waals surface area contributed by atoms with Crippen LogP contribution < -0.4 is 9.62 Å². The first kappa shape index (κ1) is 19.5. The van der Waals surface area contributed by atoms with Crippen molar-refractivity contribution < 1.29 is 13.2 Å². The van der Waals surface area contributed by atoms with E-state index in [2.05, 4.69) is 5.32 Å². The van der Waals surface area contributed by atoms with Crippen molar-refractivity contribution in [1.82, 2.24) is 5.32 Å². The molecule has 0 bridgehead atoms. The number of carbonyl (C=O) groups excluding carboxylic acids is 1. The van der Waals surface area contributed by atoms with Crippen LogP contribution in [0.25, 0.3) is 0 Å². The molecule has 1 heterocycles. The highest BCUT2D eigenvalue weighted by Gasteiger charge is 2.25. The summed E-state index contributed by atoms with van der Waals surface area (Å²) in [6.07, 6.45) is 1.19. The van der Waals surface area contributed by atoms with Crippen LogP contribution in [0.5, 0.6) is 0 Å². The second-order valence-electron chi connectivity index (χ2n) is 6.84. The minimum absolute atomic E-state index is 0.184. The molecule has 25 heavy (non-hydrogen) atoms. The SMILES string of the molecule is CC(C)(C)c1ccccc1N(CCNC(=O)c1cccs1)S(C)(=O)=O. The van der Waals surface area contributed by atoms with E-state index >= 15 is 0 Å². The van der Waals surface area contributed by atoms with Gasteiger partial charge in [-0.05, 0) is 28.5 Å². The number of thiophene rings is 1. The van der Waals surface area contributed by atoms with Gasteiger partial charge in [-0.2, -0.15) is 0 Å². The van der Waals surface area contributed by atoms with E-state index in [1.165, 1.54) is 21.9 Å². The van der Waals surface area contributed by atoms with Gasteiger partial charge in [0, 0.05) is 6.54 Å². The number of amides is 1. The second kappa shape index (κ2) is 7.58. The predicted octanol–water partition coefficient (Wildman–Crippen LogP) is 3.24. The molecular weight excluding hydrogens is 356 g/mol. The molecule has 0 saturated carbocycles. The van der Waals surface area contributed by atoms with Gasteiger partial charge in [0.15, 0.2) is 0 Å². The lowest BCUT2D eigenvalue weighted by Gasteiger charge is -2.30. The van der Waals surface area contributed by atoms with Gasteiger partial charge in [0.1, 0.15) is 0 Å². The third-order valence-electron chi connectivity index (χ3n) is 3.73. The van der Waals surface area contributed by atoms with Gasteiger partial charge in [0.05, 0.1) is 23.4 Å². The Morgan fingerprint density at radius 1 is 1.16 bits per heavy atom. The van der Waals surface area contributed by atoms with E-state index < -0.39 is 10.0 Å². The lowest BCUT2D eigenvalue weighted by atomic mass is 9.86. The minimum atomic E-state index is -3.47. The Balaban J connectivity index is 2.20. The average molecular weight is 381 g/mol. The van der Waals surface area contributed by atoms with Gasteiger partial charge in [-0.1, -0.05) is 45.0 Å². The number of nitrogens with one attached hydrogen (secondary N) is 1. The Morgan fingerprint density at radius 3 is 2.40 bits per heavy atom. The maximum absolute atomic E-state index is 12.3. The zero-order valence-corrected chi connectivity index (χ0v) is 16.6. The van der Waals surface area contributed by atoms with E-state index in [4.69, 9.17) is 0 Å². The van der Waals surface area contributed by atoms with Crippen molar-refractivity contribution in [1.29, 1.82) is 0 Å². The van der Waals surface area contributed by atoms with E-state index in [-0.39, 0.29) is 24.4 Å². The van der Waals surface area contributed by atoms with Crippen LogP contribution in [0.4, 0.5) is 5.69 Å². The summed E-state index contributed by atoms with van der Waals surface area (Å²) in [6.45, 7) is 6.56. The molecular formula is C18H24N2O3S2. The van der Waals surface area contributed by atoms with Crippen LogP contribution in [0.1, 0.15) is 36.0 Å². The fraction of sp³-hybridized carbons (Fsp3) is 0.389. The van der Waals surface area contributed by atoms with Crippen molar-refractivity contribution in [2.45, 2.75) is 26.2 Å². The van der Waals surface area contributed by atoms with Gasteiger partial charge in [0.2, 0.25) is 10.0 Å². The minimum Gasteiger partial charge on any atom is -0.350 e. The van der Waals surface area contributed by atoms with Crippen molar-refractivity contribution in [3.05, 3.63) is 52.2 Å². The Bertz CT molecular complexity index is 822. The molecule has 2 aromatic rings. The number of para-hydroxylation sites is 1. The summed E-state index contributed by atoms with van der Waals surface area (Å²) in [4.78, 5) is 12.6. The van der Waals surface area contributed by atoms with E-state index in [9.17, 15) is 13.2 Å². The average Bonchev–Trinajstić information content (AvgIpc) is 3.03. The predicted molar refractivity (Wildman–Crippen MR) is 104 cm³/mol. The molecule has 1 amide bonds. The van der Waals surface area contributed by atoms with Crippen LogP contribution in [-0.2, 0) is 15.4 Å². The topological polar surface area (TPSA) is 66.5 Å². The summed E-state index contributed by atoms with van der Waals surface area (Å²) in [7, 11) is -3.47. The maximum atomic E-state index is 12.3. The molecule has 0 aliphatic carbocycles. The van der Waals surface area contributed by atoms with Crippen molar-refractivity contribution in [2.24, 2.45) is 0 Å². The number of hydrogen-bond donors (Lipinski definition) is 1. The maximum Gasteiger partial charge on any atom is 0.261 e. The van der Waals surface area contributed by atoms with Gasteiger partial charge < -0.3 is 5.32 Å². The molecule has 0 spiro atoms. The van der Waals surface area contributed by atoms with Crippen molar-refractivity contribution in [2.75, 3.05) is 23.7 Å². The van der Waals surface area contributed by atoms with Crippen LogP contribution in [0.15, 0.2) is 41.8 Å². The molecule has 0 fully saturated rings. The molecule has 0 aliphatic rings. The number of carbonyl (C=O) groups is 1. The van der Waals surface area contributed by atoms with Crippen LogP contribution in [-0.4, -0.2) is 33.7 Å². The number of nitrogens with zero attached hydrogens (tertiary/aromatic N) is 1. The molecule has 5 nitrogen and oxygen atoms in total. The lowest BCUT2D eigenvalue weighted by molar-refractivity contribution is 0.0959. The number of sulfonamides is 1. The van der Waals surface area contributed by atoms with E-state index in [1.807, 2.05) is 56.5 Å². The third kappa shape index (κ3) is 5.06. The van der Waals surface area contributed by atoms with Crippen LogP contribution in [0.3, 0.4) is 0 Å². The quantitative estimate of drug-likeness (QED) is 0.837. The standard InChI is InChI=1S/C18H24N2O3S2/c1-18(2,3)14-8-5-6-9-15(14)20(25(4,22)23)12-11-19-17(21)16-10-7-13-24-16/h5-10,13H,11-12H2,1-4H3,(H,19,21). The fourth-order valence-electron chi connectivity index (χ4n) is 2.56. The summed E-state index contributed by atoms with van der Waals surface area (Å²) in [5.74, 6) is -0.187. The molecule has 0 atom stereocenters. The second-order valence-corrected chi connectivity index (χ2v) is 9.69. The zero-order chi connectivity index (χ0) is 18.7. The molecule has 1 N–H and O–H groups in total. The lowest BCUT2D eigenvalue weighted by Crippen LogP contribution is -2.39. The number of rotatable bonds is 6. The largest absolute Gasteiger partial charge is 0.350 e. The molecule has 0 saturated heterocycles. The summed E-state index contributed by atoms with van der Waals surface area (Å²) in [5, 5.41) is 4.61. The zero-order valence-electron chi connectivity index (χ0n) is 14.9. The Hall–Kier alpha value is -1.86. The van der Waals surface area contributed by atoms with Gasteiger partial charge >= 0.3 is 0 Å². The van der Waals surface area contributed by atoms with E-state index in [1.54, 1.807) is 6.07 Å². The summed E-state index contributed by atoms with van der Waals surface area (Å²) in [5.41, 5.74) is 1.41. The molecule has 7 heteroatoms. The smallest absolute Gasteiger partial charge is 0.261 e. The number of benzene rings is 1. The van der Waals surface area contributed by atoms with Crippen LogP contribution in [0.2, 0.25) is 0 Å². The monoisotopic (exact) mass is 380 g/mol. The first-order chi connectivity index (χ1) is 11.6. The normalized spacial score (nSPS) is 12.0. The van der Waals surface area contributed by atoms with Crippen LogP contribution in [0, 0.1) is 0 Å². The van der Waals surface area contributed by atoms with E-state index in [0.29, 0.717) is 10.6 Å². The summed E-state index contributed by atoms with van der Waals surface area (Å²) >= 11 is 1.35. The number of anilines is 1. The molecule has 136 valence electrons. The van der Waals surface area contributed by atoms with Gasteiger partial charge in [-0.25, -0.2) is 8.42 Å². The van der Waals surface area contributed by atoms with Crippen molar-refractivity contribution in [3.63, 3.8) is 0 Å².